The Kier molecular flexibility index (Phi) is 3.80. The van der Waals surface area contributed by atoms with Crippen molar-refractivity contribution in [3.8, 4) is 0 Å². The van der Waals surface area contributed by atoms with Gasteiger partial charge in [-0.15, -0.1) is 0 Å². The molecule has 1 N–H and O–H groups in total. The molecule has 0 amide bonds. The van der Waals surface area contributed by atoms with Gasteiger partial charge >= 0.3 is 0 Å². The van der Waals surface area contributed by atoms with Crippen LogP contribution in [0.5, 0.6) is 0 Å². The molecule has 1 aliphatic heterocycles. The summed E-state index contributed by atoms with van der Waals surface area (Å²) in [5.74, 6) is -0.855. The monoisotopic (exact) mass is 344 g/mol. The van der Waals surface area contributed by atoms with Gasteiger partial charge in [-0.25, -0.2) is 8.78 Å². The Hall–Kier alpha value is -2.67. The number of aliphatic hydroxyl groups is 1. The lowest BCUT2D eigenvalue weighted by Crippen LogP contribution is -2.43. The van der Waals surface area contributed by atoms with E-state index in [0.29, 0.717) is 21.8 Å². The van der Waals surface area contributed by atoms with Crippen molar-refractivity contribution in [2.75, 3.05) is 13.2 Å². The summed E-state index contributed by atoms with van der Waals surface area (Å²) in [4.78, 5) is 2.75. The third-order valence-electron chi connectivity index (χ3n) is 4.62. The maximum absolute atomic E-state index is 13.7. The number of aliphatic hydroxyl groups excluding tert-OH is 1. The molecule has 0 bridgehead atoms. The first-order chi connectivity index (χ1) is 12.1. The summed E-state index contributed by atoms with van der Waals surface area (Å²) in [5, 5.41) is 15.3. The molecular weight excluding hydrogens is 330 g/mol. The van der Waals surface area contributed by atoms with Gasteiger partial charge in [-0.05, 0) is 41.9 Å². The van der Waals surface area contributed by atoms with E-state index in [-0.39, 0.29) is 13.2 Å². The van der Waals surface area contributed by atoms with Gasteiger partial charge in [0.1, 0.15) is 11.6 Å². The van der Waals surface area contributed by atoms with Gasteiger partial charge in [0.2, 0.25) is 0 Å². The second-order valence-electron chi connectivity index (χ2n) is 6.06. The molecule has 0 radical (unpaired) electrons. The van der Waals surface area contributed by atoms with Gasteiger partial charge in [-0.2, -0.15) is 0 Å². The predicted molar refractivity (Wildman–Crippen MR) is 88.2 cm³/mol. The lowest BCUT2D eigenvalue weighted by Gasteiger charge is -2.34. The second kappa shape index (κ2) is 6.00. The number of benzene rings is 2. The molecule has 2 heterocycles. The van der Waals surface area contributed by atoms with Gasteiger partial charge in [0, 0.05) is 26.7 Å². The molecule has 1 aromatic heterocycles. The summed E-state index contributed by atoms with van der Waals surface area (Å²) in [6.45, 7) is 0.328. The highest BCUT2D eigenvalue weighted by Gasteiger charge is 2.35. The SMILES string of the molecule is [N-]=[N+]=NC1COC[C@H](n2c3ccc(F)cc3c3cc(F)ccc32)[C@H]1O. The number of hydrogen-bond acceptors (Lipinski definition) is 3. The fraction of sp³-hybridized carbons (Fsp3) is 0.294. The van der Waals surface area contributed by atoms with Gasteiger partial charge < -0.3 is 14.4 Å². The Labute approximate surface area is 140 Å². The highest BCUT2D eigenvalue weighted by Crippen LogP contribution is 2.36. The molecule has 0 aliphatic carbocycles. The Morgan fingerprint density at radius 1 is 1.08 bits per heavy atom. The minimum atomic E-state index is -0.974. The summed E-state index contributed by atoms with van der Waals surface area (Å²) in [6, 6.07) is 7.23. The zero-order valence-corrected chi connectivity index (χ0v) is 13.0. The van der Waals surface area contributed by atoms with Crippen molar-refractivity contribution in [3.63, 3.8) is 0 Å². The third-order valence-corrected chi connectivity index (χ3v) is 4.62. The summed E-state index contributed by atoms with van der Waals surface area (Å²) in [7, 11) is 0. The number of azide groups is 1. The van der Waals surface area contributed by atoms with E-state index < -0.39 is 29.8 Å². The van der Waals surface area contributed by atoms with E-state index in [4.69, 9.17) is 10.3 Å². The Bertz CT molecular complexity index is 953. The molecule has 8 heteroatoms. The van der Waals surface area contributed by atoms with E-state index in [9.17, 15) is 13.9 Å². The van der Waals surface area contributed by atoms with Crippen molar-refractivity contribution in [2.24, 2.45) is 5.11 Å². The highest BCUT2D eigenvalue weighted by molar-refractivity contribution is 6.08. The van der Waals surface area contributed by atoms with Gasteiger partial charge in [0.25, 0.3) is 0 Å². The van der Waals surface area contributed by atoms with Crippen LogP contribution in [0.25, 0.3) is 32.2 Å². The van der Waals surface area contributed by atoms with Crippen LogP contribution in [0, 0.1) is 11.6 Å². The van der Waals surface area contributed by atoms with Crippen molar-refractivity contribution in [1.29, 1.82) is 0 Å². The zero-order chi connectivity index (χ0) is 17.6. The highest BCUT2D eigenvalue weighted by atomic mass is 19.1. The lowest BCUT2D eigenvalue weighted by atomic mass is 10.0. The topological polar surface area (TPSA) is 83.2 Å². The number of hydrogen-bond donors (Lipinski definition) is 1. The maximum atomic E-state index is 13.7. The molecule has 0 saturated carbocycles. The van der Waals surface area contributed by atoms with Crippen LogP contribution in [0.2, 0.25) is 0 Å². The fourth-order valence-corrected chi connectivity index (χ4v) is 3.51. The molecule has 6 nitrogen and oxygen atoms in total. The number of rotatable bonds is 2. The minimum absolute atomic E-state index is 0.127. The standard InChI is InChI=1S/C17H14F2N4O2/c18-9-1-3-14-11(5-9)12-6-10(19)2-4-15(12)23(14)16-8-25-7-13(17(16)24)21-22-20/h1-6,13,16-17,24H,7-8H2/t13?,16-,17-/m0/s1. The molecule has 3 aromatic rings. The average Bonchev–Trinajstić information content (AvgIpc) is 2.90. The van der Waals surface area contributed by atoms with Crippen molar-refractivity contribution >= 4 is 21.8 Å². The van der Waals surface area contributed by atoms with E-state index in [1.165, 1.54) is 24.3 Å². The molecule has 2 aromatic carbocycles. The smallest absolute Gasteiger partial charge is 0.123 e. The minimum Gasteiger partial charge on any atom is -0.390 e. The van der Waals surface area contributed by atoms with E-state index in [0.717, 1.165) is 0 Å². The third kappa shape index (κ3) is 2.51. The molecular formula is C17H14F2N4O2. The van der Waals surface area contributed by atoms with Gasteiger partial charge in [-0.3, -0.25) is 0 Å². The average molecular weight is 344 g/mol. The Morgan fingerprint density at radius 2 is 1.68 bits per heavy atom. The summed E-state index contributed by atoms with van der Waals surface area (Å²) < 4.78 is 34.7. The number of ether oxygens (including phenoxy) is 1. The molecule has 1 unspecified atom stereocenters. The maximum Gasteiger partial charge on any atom is 0.123 e. The quantitative estimate of drug-likeness (QED) is 0.437. The van der Waals surface area contributed by atoms with Crippen molar-refractivity contribution < 1.29 is 18.6 Å². The van der Waals surface area contributed by atoms with E-state index in [1.807, 2.05) is 0 Å². The summed E-state index contributed by atoms with van der Waals surface area (Å²) >= 11 is 0. The lowest BCUT2D eigenvalue weighted by molar-refractivity contribution is -0.0413. The fourth-order valence-electron chi connectivity index (χ4n) is 3.51. The first-order valence-electron chi connectivity index (χ1n) is 7.79. The molecule has 3 atom stereocenters. The molecule has 0 spiro atoms. The largest absolute Gasteiger partial charge is 0.390 e. The number of aromatic nitrogens is 1. The summed E-state index contributed by atoms with van der Waals surface area (Å²) in [5.41, 5.74) is 9.96. The summed E-state index contributed by atoms with van der Waals surface area (Å²) in [6.07, 6.45) is -0.974. The van der Waals surface area contributed by atoms with Crippen molar-refractivity contribution in [1.82, 2.24) is 4.57 Å². The van der Waals surface area contributed by atoms with Crippen LogP contribution < -0.4 is 0 Å². The second-order valence-corrected chi connectivity index (χ2v) is 6.06. The molecule has 1 aliphatic rings. The predicted octanol–water partition coefficient (Wildman–Crippen LogP) is 3.68. The Balaban J connectivity index is 1.98. The molecule has 4 rings (SSSR count). The van der Waals surface area contributed by atoms with Crippen LogP contribution in [-0.4, -0.2) is 35.0 Å². The van der Waals surface area contributed by atoms with Crippen molar-refractivity contribution in [2.45, 2.75) is 18.2 Å². The van der Waals surface area contributed by atoms with E-state index in [2.05, 4.69) is 10.0 Å². The molecule has 1 fully saturated rings. The van der Waals surface area contributed by atoms with E-state index >= 15 is 0 Å². The van der Waals surface area contributed by atoms with Crippen LogP contribution in [0.4, 0.5) is 8.78 Å². The van der Waals surface area contributed by atoms with Gasteiger partial charge in [0.05, 0.1) is 31.4 Å². The van der Waals surface area contributed by atoms with Crippen LogP contribution >= 0.6 is 0 Å². The Morgan fingerprint density at radius 3 is 2.24 bits per heavy atom. The van der Waals surface area contributed by atoms with Crippen LogP contribution in [0.15, 0.2) is 41.5 Å². The van der Waals surface area contributed by atoms with Crippen molar-refractivity contribution in [3.05, 3.63) is 58.5 Å². The molecule has 1 saturated heterocycles. The van der Waals surface area contributed by atoms with Crippen LogP contribution in [0.3, 0.4) is 0 Å². The molecule has 25 heavy (non-hydrogen) atoms. The van der Waals surface area contributed by atoms with Crippen LogP contribution in [0.1, 0.15) is 6.04 Å². The molecule has 128 valence electrons. The number of fused-ring (bicyclic) bond motifs is 3. The van der Waals surface area contributed by atoms with Gasteiger partial charge in [0.15, 0.2) is 0 Å². The van der Waals surface area contributed by atoms with Crippen LogP contribution in [-0.2, 0) is 4.74 Å². The zero-order valence-electron chi connectivity index (χ0n) is 13.0. The first kappa shape index (κ1) is 15.8. The van der Waals surface area contributed by atoms with E-state index in [1.54, 1.807) is 16.7 Å². The van der Waals surface area contributed by atoms with Gasteiger partial charge in [-0.1, -0.05) is 5.11 Å². The first-order valence-corrected chi connectivity index (χ1v) is 7.79. The normalized spacial score (nSPS) is 23.7. The number of nitrogens with zero attached hydrogens (tertiary/aromatic N) is 4. The number of halogens is 2.